The Bertz CT molecular complexity index is 729. The quantitative estimate of drug-likeness (QED) is 0.872. The zero-order valence-corrected chi connectivity index (χ0v) is 13.2. The number of amides is 2. The van der Waals surface area contributed by atoms with E-state index in [2.05, 4.69) is 6.58 Å². The highest BCUT2D eigenvalue weighted by atomic mass is 16.3. The molecule has 1 aliphatic rings. The monoisotopic (exact) mass is 310 g/mol. The van der Waals surface area contributed by atoms with Gasteiger partial charge in [0.25, 0.3) is 5.91 Å². The lowest BCUT2D eigenvalue weighted by atomic mass is 10.1. The largest absolute Gasteiger partial charge is 0.467 e. The minimum absolute atomic E-state index is 0.0338. The maximum Gasteiger partial charge on any atom is 0.259 e. The minimum Gasteiger partial charge on any atom is -0.467 e. The zero-order chi connectivity index (χ0) is 16.6. The Morgan fingerprint density at radius 3 is 2.57 bits per heavy atom. The predicted molar refractivity (Wildman–Crippen MR) is 86.4 cm³/mol. The van der Waals surface area contributed by atoms with E-state index in [9.17, 15) is 9.59 Å². The number of rotatable bonds is 4. The molecule has 5 heteroatoms. The summed E-state index contributed by atoms with van der Waals surface area (Å²) in [5, 5.41) is 0. The molecule has 2 aromatic rings. The lowest BCUT2D eigenvalue weighted by molar-refractivity contribution is -0.132. The van der Waals surface area contributed by atoms with Gasteiger partial charge in [0, 0.05) is 23.9 Å². The molecular formula is C18H18N2O3. The third kappa shape index (κ3) is 2.54. The molecule has 118 valence electrons. The van der Waals surface area contributed by atoms with Crippen molar-refractivity contribution in [1.29, 1.82) is 0 Å². The van der Waals surface area contributed by atoms with Crippen LogP contribution in [-0.4, -0.2) is 35.2 Å². The molecule has 2 amide bonds. The number of carbonyl (C=O) groups is 2. The Kier molecular flexibility index (Phi) is 3.78. The molecule has 0 bridgehead atoms. The summed E-state index contributed by atoms with van der Waals surface area (Å²) in [4.78, 5) is 28.0. The van der Waals surface area contributed by atoms with Crippen molar-refractivity contribution in [1.82, 2.24) is 9.80 Å². The fourth-order valence-corrected chi connectivity index (χ4v) is 2.68. The molecule has 0 saturated carbocycles. The van der Waals surface area contributed by atoms with Crippen molar-refractivity contribution >= 4 is 17.5 Å². The van der Waals surface area contributed by atoms with Crippen LogP contribution in [0.25, 0.3) is 5.70 Å². The predicted octanol–water partition coefficient (Wildman–Crippen LogP) is 2.93. The zero-order valence-electron chi connectivity index (χ0n) is 13.2. The summed E-state index contributed by atoms with van der Waals surface area (Å²) in [7, 11) is 1.70. The molecule has 0 aliphatic carbocycles. The first kappa shape index (κ1) is 15.1. The van der Waals surface area contributed by atoms with Crippen molar-refractivity contribution < 1.29 is 14.0 Å². The van der Waals surface area contributed by atoms with Gasteiger partial charge in [-0.15, -0.1) is 0 Å². The topological polar surface area (TPSA) is 53.8 Å². The average molecular weight is 310 g/mol. The lowest BCUT2D eigenvalue weighted by Gasteiger charge is -2.26. The van der Waals surface area contributed by atoms with E-state index >= 15 is 0 Å². The molecular weight excluding hydrogens is 292 g/mol. The van der Waals surface area contributed by atoms with Crippen molar-refractivity contribution in [2.24, 2.45) is 0 Å². The number of hydrogen-bond donors (Lipinski definition) is 0. The summed E-state index contributed by atoms with van der Waals surface area (Å²) in [6.45, 7) is 5.80. The molecule has 1 aliphatic heterocycles. The second-order valence-electron chi connectivity index (χ2n) is 5.58. The second kappa shape index (κ2) is 5.76. The summed E-state index contributed by atoms with van der Waals surface area (Å²) in [6.07, 6.45) is 1.58. The number of furan rings is 1. The van der Waals surface area contributed by atoms with Gasteiger partial charge in [0.05, 0.1) is 12.3 Å². The standard InChI is InChI=1S/C18H18N2O3/c1-12-14-7-4-5-8-15(14)18(22)20(12)11-17(21)19(3)13(2)16-9-6-10-23-16/h4-10,13H,1,11H2,2-3H3. The number of likely N-dealkylation sites (N-methyl/N-ethyl adjacent to an activating group) is 1. The van der Waals surface area contributed by atoms with Crippen molar-refractivity contribution in [3.8, 4) is 0 Å². The summed E-state index contributed by atoms with van der Waals surface area (Å²) in [5.74, 6) is 0.352. The van der Waals surface area contributed by atoms with Gasteiger partial charge < -0.3 is 9.32 Å². The Labute approximate surface area is 134 Å². The van der Waals surface area contributed by atoms with Crippen LogP contribution in [0.2, 0.25) is 0 Å². The van der Waals surface area contributed by atoms with Crippen molar-refractivity contribution in [2.75, 3.05) is 13.6 Å². The molecule has 0 fully saturated rings. The van der Waals surface area contributed by atoms with Crippen LogP contribution in [0.1, 0.15) is 34.6 Å². The molecule has 23 heavy (non-hydrogen) atoms. The van der Waals surface area contributed by atoms with Gasteiger partial charge in [-0.3, -0.25) is 14.5 Å². The van der Waals surface area contributed by atoms with Gasteiger partial charge in [-0.05, 0) is 25.1 Å². The van der Waals surface area contributed by atoms with E-state index in [0.29, 0.717) is 17.0 Å². The summed E-state index contributed by atoms with van der Waals surface area (Å²) in [5.41, 5.74) is 1.94. The highest BCUT2D eigenvalue weighted by molar-refractivity contribution is 6.10. The van der Waals surface area contributed by atoms with Crippen LogP contribution in [0.15, 0.2) is 53.7 Å². The van der Waals surface area contributed by atoms with Crippen molar-refractivity contribution in [3.63, 3.8) is 0 Å². The van der Waals surface area contributed by atoms with Crippen LogP contribution in [0.4, 0.5) is 0 Å². The van der Waals surface area contributed by atoms with E-state index in [4.69, 9.17) is 4.42 Å². The van der Waals surface area contributed by atoms with Gasteiger partial charge in [0.15, 0.2) is 0 Å². The van der Waals surface area contributed by atoms with E-state index in [1.54, 1.807) is 36.4 Å². The highest BCUT2D eigenvalue weighted by Gasteiger charge is 2.33. The molecule has 3 rings (SSSR count). The first-order chi connectivity index (χ1) is 11.0. The Hall–Kier alpha value is -2.82. The molecule has 1 unspecified atom stereocenters. The smallest absolute Gasteiger partial charge is 0.259 e. The molecule has 1 aromatic carbocycles. The first-order valence-electron chi connectivity index (χ1n) is 7.40. The molecule has 0 N–H and O–H groups in total. The SMILES string of the molecule is C=C1c2ccccc2C(=O)N1CC(=O)N(C)C(C)c1ccco1. The van der Waals surface area contributed by atoms with Crippen LogP contribution in [0.3, 0.4) is 0 Å². The fraction of sp³-hybridized carbons (Fsp3) is 0.222. The minimum atomic E-state index is -0.203. The van der Waals surface area contributed by atoms with Gasteiger partial charge in [0.1, 0.15) is 12.3 Å². The Morgan fingerprint density at radius 1 is 1.26 bits per heavy atom. The van der Waals surface area contributed by atoms with Crippen LogP contribution >= 0.6 is 0 Å². The molecule has 5 nitrogen and oxygen atoms in total. The van der Waals surface area contributed by atoms with E-state index in [0.717, 1.165) is 5.56 Å². The number of benzene rings is 1. The number of fused-ring (bicyclic) bond motifs is 1. The number of hydrogen-bond acceptors (Lipinski definition) is 3. The molecule has 1 aromatic heterocycles. The molecule has 0 radical (unpaired) electrons. The lowest BCUT2D eigenvalue weighted by Crippen LogP contribution is -2.39. The third-order valence-corrected chi connectivity index (χ3v) is 4.26. The fourth-order valence-electron chi connectivity index (χ4n) is 2.68. The summed E-state index contributed by atoms with van der Waals surface area (Å²) in [6, 6.07) is 10.7. The van der Waals surface area contributed by atoms with Gasteiger partial charge in [-0.1, -0.05) is 24.8 Å². The first-order valence-corrected chi connectivity index (χ1v) is 7.40. The number of nitrogens with zero attached hydrogens (tertiary/aromatic N) is 2. The molecule has 1 atom stereocenters. The van der Waals surface area contributed by atoms with E-state index in [1.165, 1.54) is 4.90 Å². The van der Waals surface area contributed by atoms with E-state index in [-0.39, 0.29) is 24.4 Å². The summed E-state index contributed by atoms with van der Waals surface area (Å²) < 4.78 is 5.34. The number of carbonyl (C=O) groups excluding carboxylic acids is 2. The van der Waals surface area contributed by atoms with Gasteiger partial charge >= 0.3 is 0 Å². The van der Waals surface area contributed by atoms with Crippen LogP contribution in [0, 0.1) is 0 Å². The third-order valence-electron chi connectivity index (χ3n) is 4.26. The molecule has 0 saturated heterocycles. The van der Waals surface area contributed by atoms with E-state index in [1.807, 2.05) is 25.1 Å². The maximum absolute atomic E-state index is 12.5. The van der Waals surface area contributed by atoms with Crippen molar-refractivity contribution in [2.45, 2.75) is 13.0 Å². The van der Waals surface area contributed by atoms with E-state index < -0.39 is 0 Å². The van der Waals surface area contributed by atoms with Gasteiger partial charge in [-0.2, -0.15) is 0 Å². The van der Waals surface area contributed by atoms with Gasteiger partial charge in [-0.25, -0.2) is 0 Å². The Morgan fingerprint density at radius 2 is 1.96 bits per heavy atom. The van der Waals surface area contributed by atoms with Crippen LogP contribution in [0.5, 0.6) is 0 Å². The van der Waals surface area contributed by atoms with Gasteiger partial charge in [0.2, 0.25) is 5.91 Å². The highest BCUT2D eigenvalue weighted by Crippen LogP contribution is 2.31. The average Bonchev–Trinajstić information content (AvgIpc) is 3.17. The molecule has 2 heterocycles. The van der Waals surface area contributed by atoms with Crippen molar-refractivity contribution in [3.05, 3.63) is 66.1 Å². The summed E-state index contributed by atoms with van der Waals surface area (Å²) >= 11 is 0. The van der Waals surface area contributed by atoms with Crippen LogP contribution < -0.4 is 0 Å². The second-order valence-corrected chi connectivity index (χ2v) is 5.58. The molecule has 0 spiro atoms. The Balaban J connectivity index is 1.74. The maximum atomic E-state index is 12.5. The van der Waals surface area contributed by atoms with Crippen LogP contribution in [-0.2, 0) is 4.79 Å². The normalized spacial score (nSPS) is 14.8.